The fourth-order valence-corrected chi connectivity index (χ4v) is 4.42. The number of benzene rings is 1. The lowest BCUT2D eigenvalue weighted by Crippen LogP contribution is -2.34. The summed E-state index contributed by atoms with van der Waals surface area (Å²) in [6.45, 7) is 7.05. The van der Waals surface area contributed by atoms with Gasteiger partial charge in [0, 0.05) is 5.54 Å². The molecule has 1 aromatic rings. The highest BCUT2D eigenvalue weighted by Crippen LogP contribution is 2.64. The number of terminal acetylenes is 1. The quantitative estimate of drug-likeness (QED) is 0.491. The van der Waals surface area contributed by atoms with Crippen molar-refractivity contribution in [2.75, 3.05) is 7.05 Å². The lowest BCUT2D eigenvalue weighted by molar-refractivity contribution is 0.312. The zero-order chi connectivity index (χ0) is 19.2. The summed E-state index contributed by atoms with van der Waals surface area (Å²) in [7, 11) is 2.11. The zero-order valence-corrected chi connectivity index (χ0v) is 16.8. The third kappa shape index (κ3) is 3.87. The highest BCUT2D eigenvalue weighted by atomic mass is 15.0. The molecule has 0 radical (unpaired) electrons. The highest BCUT2D eigenvalue weighted by Gasteiger charge is 2.64. The van der Waals surface area contributed by atoms with E-state index in [0.29, 0.717) is 11.3 Å². The van der Waals surface area contributed by atoms with Crippen LogP contribution < -0.4 is 5.32 Å². The molecular weight excluding hydrogens is 314 g/mol. The van der Waals surface area contributed by atoms with Crippen molar-refractivity contribution in [1.82, 2.24) is 5.32 Å². The molecule has 3 rings (SSSR count). The van der Waals surface area contributed by atoms with Crippen LogP contribution in [0, 0.1) is 24.2 Å². The first kappa shape index (κ1) is 20.3. The average molecular weight is 348 g/mol. The molecule has 0 bridgehead atoms. The van der Waals surface area contributed by atoms with Crippen molar-refractivity contribution in [3.05, 3.63) is 65.8 Å². The average Bonchev–Trinajstić information content (AvgIpc) is 3.27. The third-order valence-electron chi connectivity index (χ3n) is 6.40. The van der Waals surface area contributed by atoms with E-state index in [9.17, 15) is 0 Å². The molecule has 3 unspecified atom stereocenters. The number of hydrogen-bond acceptors (Lipinski definition) is 1. The van der Waals surface area contributed by atoms with E-state index in [1.54, 1.807) is 5.57 Å². The van der Waals surface area contributed by atoms with Gasteiger partial charge in [0.25, 0.3) is 0 Å². The molecule has 138 valence electrons. The van der Waals surface area contributed by atoms with Crippen LogP contribution in [0.25, 0.3) is 5.57 Å². The van der Waals surface area contributed by atoms with Gasteiger partial charge < -0.3 is 5.32 Å². The topological polar surface area (TPSA) is 12.0 Å². The molecule has 0 heterocycles. The van der Waals surface area contributed by atoms with Crippen LogP contribution in [0.3, 0.4) is 0 Å². The summed E-state index contributed by atoms with van der Waals surface area (Å²) in [5, 5.41) is 3.57. The zero-order valence-electron chi connectivity index (χ0n) is 16.8. The molecule has 1 nitrogen and oxygen atoms in total. The molecule has 0 aliphatic heterocycles. The van der Waals surface area contributed by atoms with E-state index < -0.39 is 0 Å². The predicted molar refractivity (Wildman–Crippen MR) is 115 cm³/mol. The van der Waals surface area contributed by atoms with Gasteiger partial charge in [0.1, 0.15) is 0 Å². The van der Waals surface area contributed by atoms with Crippen LogP contribution in [0.2, 0.25) is 0 Å². The Labute approximate surface area is 160 Å². The molecule has 1 fully saturated rings. The molecule has 1 N–H and O–H groups in total. The number of hydrogen-bond donors (Lipinski definition) is 1. The molecule has 26 heavy (non-hydrogen) atoms. The summed E-state index contributed by atoms with van der Waals surface area (Å²) in [5.74, 6) is 0.643. The Hall–Kier alpha value is -2.04. The van der Waals surface area contributed by atoms with Gasteiger partial charge >= 0.3 is 0 Å². The fourth-order valence-electron chi connectivity index (χ4n) is 4.42. The van der Waals surface area contributed by atoms with E-state index in [1.807, 2.05) is 0 Å². The minimum atomic E-state index is 0.281. The summed E-state index contributed by atoms with van der Waals surface area (Å²) in [6, 6.07) is 10.8. The lowest BCUT2D eigenvalue weighted by Gasteiger charge is -2.32. The van der Waals surface area contributed by atoms with E-state index in [4.69, 9.17) is 0 Å². The van der Waals surface area contributed by atoms with Crippen LogP contribution in [0.4, 0.5) is 0 Å². The summed E-state index contributed by atoms with van der Waals surface area (Å²) >= 11 is 0. The normalized spacial score (nSPS) is 30.2. The second-order valence-corrected chi connectivity index (χ2v) is 7.79. The predicted octanol–water partition coefficient (Wildman–Crippen LogP) is 6.01. The smallest absolute Gasteiger partial charge is 0.0216 e. The van der Waals surface area contributed by atoms with E-state index in [-0.39, 0.29) is 5.54 Å². The minimum Gasteiger partial charge on any atom is -0.314 e. The van der Waals surface area contributed by atoms with Crippen LogP contribution in [-0.4, -0.2) is 12.6 Å². The van der Waals surface area contributed by atoms with Crippen LogP contribution in [0.1, 0.15) is 52.0 Å². The molecular formula is C25H33N. The molecule has 1 heteroatoms. The van der Waals surface area contributed by atoms with Crippen molar-refractivity contribution >= 4 is 5.57 Å². The largest absolute Gasteiger partial charge is 0.314 e. The van der Waals surface area contributed by atoms with Crippen molar-refractivity contribution < 1.29 is 0 Å². The van der Waals surface area contributed by atoms with E-state index in [1.165, 1.54) is 17.6 Å². The Balaban J connectivity index is 0.00000117. The second kappa shape index (κ2) is 8.56. The van der Waals surface area contributed by atoms with Gasteiger partial charge in [0.15, 0.2) is 0 Å². The van der Waals surface area contributed by atoms with Gasteiger partial charge in [-0.25, -0.2) is 0 Å². The summed E-state index contributed by atoms with van der Waals surface area (Å²) in [4.78, 5) is 0. The maximum Gasteiger partial charge on any atom is 0.0216 e. The van der Waals surface area contributed by atoms with Gasteiger partial charge in [0.05, 0.1) is 0 Å². The van der Waals surface area contributed by atoms with Gasteiger partial charge in [-0.05, 0) is 62.1 Å². The van der Waals surface area contributed by atoms with Crippen LogP contribution >= 0.6 is 0 Å². The van der Waals surface area contributed by atoms with E-state index in [2.05, 4.69) is 101 Å². The molecule has 0 spiro atoms. The monoisotopic (exact) mass is 347 g/mol. The number of allylic oxidation sites excluding steroid dienone is 6. The Morgan fingerprint density at radius 3 is 2.42 bits per heavy atom. The molecule has 2 aliphatic rings. The Kier molecular flexibility index (Phi) is 6.68. The molecule has 3 atom stereocenters. The summed E-state index contributed by atoms with van der Waals surface area (Å²) < 4.78 is 0. The first-order valence-electron chi connectivity index (χ1n) is 9.67. The molecule has 0 aromatic heterocycles. The highest BCUT2D eigenvalue weighted by molar-refractivity contribution is 5.76. The molecule has 1 saturated carbocycles. The second-order valence-electron chi connectivity index (χ2n) is 7.79. The van der Waals surface area contributed by atoms with Crippen LogP contribution in [0.15, 0.2) is 60.2 Å². The lowest BCUT2D eigenvalue weighted by atomic mass is 9.74. The Bertz CT molecular complexity index is 706. The van der Waals surface area contributed by atoms with Gasteiger partial charge in [0.2, 0.25) is 0 Å². The third-order valence-corrected chi connectivity index (χ3v) is 6.40. The van der Waals surface area contributed by atoms with Crippen molar-refractivity contribution in [3.8, 4) is 12.8 Å². The summed E-state index contributed by atoms with van der Waals surface area (Å²) in [6.07, 6.45) is 22.2. The van der Waals surface area contributed by atoms with Crippen LogP contribution in [0.5, 0.6) is 0 Å². The maximum atomic E-state index is 4.00. The van der Waals surface area contributed by atoms with Gasteiger partial charge in [-0.3, -0.25) is 0 Å². The molecule has 0 saturated heterocycles. The molecule has 0 amide bonds. The van der Waals surface area contributed by atoms with E-state index in [0.717, 1.165) is 19.3 Å². The molecule has 1 aromatic carbocycles. The first-order chi connectivity index (χ1) is 12.5. The SMILES string of the molecule is C#C.CC/C=C\CC1=CC(c2ccccc2)=CCC1C1(C)CC1(C)NC. The van der Waals surface area contributed by atoms with Crippen molar-refractivity contribution in [2.24, 2.45) is 11.3 Å². The number of rotatable bonds is 6. The van der Waals surface area contributed by atoms with Crippen LogP contribution in [-0.2, 0) is 0 Å². The Morgan fingerprint density at radius 1 is 1.15 bits per heavy atom. The van der Waals surface area contributed by atoms with E-state index >= 15 is 0 Å². The Morgan fingerprint density at radius 2 is 1.85 bits per heavy atom. The number of nitrogens with one attached hydrogen (secondary N) is 1. The minimum absolute atomic E-state index is 0.281. The standard InChI is InChI=1S/C23H31N.C2H2/c1-5-6-8-13-20-16-19(18-11-9-7-10-12-18)14-15-21(20)22(2)17-23(22,3)24-4;1-2/h6-12,14,16,21,24H,5,13,15,17H2,1-4H3;1-2H/b8-6-;. The van der Waals surface area contributed by atoms with Gasteiger partial charge in [-0.1, -0.05) is 74.1 Å². The maximum absolute atomic E-state index is 4.00. The fraction of sp³-hybridized carbons (Fsp3) is 0.440. The van der Waals surface area contributed by atoms with Crippen molar-refractivity contribution in [3.63, 3.8) is 0 Å². The first-order valence-corrected chi connectivity index (χ1v) is 9.67. The van der Waals surface area contributed by atoms with Gasteiger partial charge in [-0.2, -0.15) is 0 Å². The van der Waals surface area contributed by atoms with Crippen molar-refractivity contribution in [2.45, 2.75) is 52.0 Å². The van der Waals surface area contributed by atoms with Gasteiger partial charge in [-0.15, -0.1) is 12.8 Å². The van der Waals surface area contributed by atoms with Crippen molar-refractivity contribution in [1.29, 1.82) is 0 Å². The summed E-state index contributed by atoms with van der Waals surface area (Å²) in [5.41, 5.74) is 4.98. The molecule has 2 aliphatic carbocycles.